The molecule has 11 nitrogen and oxygen atoms in total. The Morgan fingerprint density at radius 1 is 1.10 bits per heavy atom. The van der Waals surface area contributed by atoms with E-state index >= 15 is 0 Å². The molecule has 4 N–H and O–H groups in total. The molecule has 2 aliphatic heterocycles. The molecule has 0 aromatic carbocycles. The maximum absolute atomic E-state index is 13.1. The lowest BCUT2D eigenvalue weighted by atomic mass is 9.79. The Balaban J connectivity index is 2.52. The zero-order chi connectivity index (χ0) is 31.7. The molecular weight excluding hydrogens is 546 g/mol. The number of likely N-dealkylation sites (N-methyl/N-ethyl adjacent to an activating group) is 1. The highest BCUT2D eigenvalue weighted by atomic mass is 16.7. The lowest BCUT2D eigenvalue weighted by Crippen LogP contribution is -2.63. The summed E-state index contributed by atoms with van der Waals surface area (Å²) < 4.78 is 17.9. The third kappa shape index (κ3) is 9.51. The number of aldehydes is 1. The standard InChI is InChI=1S/C31H51NO10/c1-8-25-22(16-34)13-17(2)9-10-23(35)18(3)14-21(11-12-33)30(19(4)24(36)15-26(37)41-25)42-31-29(39)27(32(6)7)28(38)20(5)40-31/h9-10,12-13,18-22,24-25,27-31,34,36,38-39H,8,11,14-16H2,1-7H3/b10-9+,17-13+/t18-,19+,20-,21+,22-,24-,25-,27?,28-,29?,30-,31+/m1/s1. The number of hydrogen-bond acceptors (Lipinski definition) is 11. The van der Waals surface area contributed by atoms with E-state index in [-0.39, 0.29) is 31.7 Å². The Morgan fingerprint density at radius 2 is 1.76 bits per heavy atom. The summed E-state index contributed by atoms with van der Waals surface area (Å²) in [5.41, 5.74) is 0.714. The van der Waals surface area contributed by atoms with E-state index in [4.69, 9.17) is 14.2 Å². The number of allylic oxidation sites excluding steroid dienone is 3. The average molecular weight is 598 g/mol. The Bertz CT molecular complexity index is 952. The van der Waals surface area contributed by atoms with Gasteiger partial charge in [-0.15, -0.1) is 0 Å². The Labute approximate surface area is 249 Å². The van der Waals surface area contributed by atoms with Gasteiger partial charge >= 0.3 is 5.97 Å². The van der Waals surface area contributed by atoms with Crippen LogP contribution in [-0.4, -0.2) is 113 Å². The summed E-state index contributed by atoms with van der Waals surface area (Å²) in [4.78, 5) is 39.6. The van der Waals surface area contributed by atoms with Crippen molar-refractivity contribution in [3.63, 3.8) is 0 Å². The zero-order valence-corrected chi connectivity index (χ0v) is 26.0. The summed E-state index contributed by atoms with van der Waals surface area (Å²) in [7, 11) is 3.43. The Kier molecular flexibility index (Phi) is 14.4. The molecule has 2 heterocycles. The van der Waals surface area contributed by atoms with Gasteiger partial charge in [0, 0.05) is 24.2 Å². The van der Waals surface area contributed by atoms with E-state index in [1.165, 1.54) is 6.08 Å². The van der Waals surface area contributed by atoms with Crippen LogP contribution in [-0.2, 0) is 28.6 Å². The molecule has 0 radical (unpaired) electrons. The molecule has 12 atom stereocenters. The number of nitrogens with zero attached hydrogens (tertiary/aromatic N) is 1. The van der Waals surface area contributed by atoms with E-state index < -0.39 is 78.6 Å². The van der Waals surface area contributed by atoms with Crippen molar-refractivity contribution >= 4 is 18.0 Å². The van der Waals surface area contributed by atoms with Crippen LogP contribution in [0.15, 0.2) is 23.8 Å². The molecule has 0 amide bonds. The number of hydrogen-bond donors (Lipinski definition) is 4. The van der Waals surface area contributed by atoms with E-state index in [2.05, 4.69) is 0 Å². The van der Waals surface area contributed by atoms with Crippen LogP contribution in [0.3, 0.4) is 0 Å². The van der Waals surface area contributed by atoms with Gasteiger partial charge in [0.25, 0.3) is 0 Å². The normalized spacial score (nSPS) is 41.6. The van der Waals surface area contributed by atoms with Gasteiger partial charge in [-0.25, -0.2) is 0 Å². The van der Waals surface area contributed by atoms with Crippen LogP contribution in [0.4, 0.5) is 0 Å². The molecule has 0 spiro atoms. The highest BCUT2D eigenvalue weighted by Crippen LogP contribution is 2.34. The third-order valence-electron chi connectivity index (χ3n) is 8.56. The van der Waals surface area contributed by atoms with Crippen LogP contribution in [0.25, 0.3) is 0 Å². The van der Waals surface area contributed by atoms with Crippen LogP contribution in [0.5, 0.6) is 0 Å². The van der Waals surface area contributed by atoms with E-state index in [0.717, 1.165) is 6.29 Å². The fourth-order valence-electron chi connectivity index (χ4n) is 5.93. The minimum absolute atomic E-state index is 0.000625. The molecule has 0 aromatic rings. The van der Waals surface area contributed by atoms with E-state index in [9.17, 15) is 34.8 Å². The number of ketones is 1. The highest BCUT2D eigenvalue weighted by Gasteiger charge is 2.47. The molecule has 0 saturated carbocycles. The zero-order valence-electron chi connectivity index (χ0n) is 26.0. The summed E-state index contributed by atoms with van der Waals surface area (Å²) in [6, 6.07) is -0.711. The molecule has 1 fully saturated rings. The van der Waals surface area contributed by atoms with Crippen molar-refractivity contribution in [1.82, 2.24) is 4.90 Å². The molecular formula is C31H51NO10. The Hall–Kier alpha value is -1.99. The predicted octanol–water partition coefficient (Wildman–Crippen LogP) is 1.40. The first-order chi connectivity index (χ1) is 19.7. The second-order valence-corrected chi connectivity index (χ2v) is 12.1. The number of ether oxygens (including phenoxy) is 3. The summed E-state index contributed by atoms with van der Waals surface area (Å²) in [6.45, 7) is 8.42. The van der Waals surface area contributed by atoms with Crippen molar-refractivity contribution in [3.8, 4) is 0 Å². The van der Waals surface area contributed by atoms with E-state index in [1.807, 2.05) is 6.92 Å². The second-order valence-electron chi connectivity index (χ2n) is 12.1. The van der Waals surface area contributed by atoms with Gasteiger partial charge in [0.1, 0.15) is 18.5 Å². The van der Waals surface area contributed by atoms with Gasteiger partial charge in [0.05, 0.1) is 43.5 Å². The summed E-state index contributed by atoms with van der Waals surface area (Å²) in [5.74, 6) is -3.16. The quantitative estimate of drug-likeness (QED) is 0.248. The lowest BCUT2D eigenvalue weighted by molar-refractivity contribution is -0.304. The summed E-state index contributed by atoms with van der Waals surface area (Å²) in [6.07, 6.45) is -1.12. The van der Waals surface area contributed by atoms with Crippen molar-refractivity contribution in [2.24, 2.45) is 23.7 Å². The smallest absolute Gasteiger partial charge is 0.308 e. The first kappa shape index (κ1) is 36.2. The van der Waals surface area contributed by atoms with Gasteiger partial charge in [-0.2, -0.15) is 0 Å². The molecule has 1 saturated heterocycles. The van der Waals surface area contributed by atoms with Crippen LogP contribution in [0.2, 0.25) is 0 Å². The van der Waals surface area contributed by atoms with Crippen LogP contribution < -0.4 is 0 Å². The van der Waals surface area contributed by atoms with Gasteiger partial charge in [0.15, 0.2) is 12.1 Å². The molecule has 0 aliphatic carbocycles. The monoisotopic (exact) mass is 597 g/mol. The molecule has 2 unspecified atom stereocenters. The number of rotatable bonds is 7. The maximum Gasteiger partial charge on any atom is 0.308 e. The number of aliphatic hydroxyl groups is 4. The van der Waals surface area contributed by atoms with Crippen molar-refractivity contribution in [3.05, 3.63) is 23.8 Å². The number of aliphatic hydroxyl groups excluding tert-OH is 4. The van der Waals surface area contributed by atoms with Crippen molar-refractivity contribution in [1.29, 1.82) is 0 Å². The number of carbonyl (C=O) groups excluding carboxylic acids is 3. The molecule has 2 aliphatic rings. The molecule has 11 heteroatoms. The third-order valence-corrected chi connectivity index (χ3v) is 8.56. The second kappa shape index (κ2) is 16.7. The van der Waals surface area contributed by atoms with Gasteiger partial charge in [-0.1, -0.05) is 38.5 Å². The van der Waals surface area contributed by atoms with Crippen LogP contribution in [0, 0.1) is 23.7 Å². The van der Waals surface area contributed by atoms with Crippen molar-refractivity contribution < 1.29 is 49.0 Å². The number of cyclic esters (lactones) is 1. The first-order valence-corrected chi connectivity index (χ1v) is 14.9. The Morgan fingerprint density at radius 3 is 2.33 bits per heavy atom. The fourth-order valence-corrected chi connectivity index (χ4v) is 5.93. The molecule has 42 heavy (non-hydrogen) atoms. The lowest BCUT2D eigenvalue weighted by Gasteiger charge is -2.46. The number of esters is 1. The fraction of sp³-hybridized carbons (Fsp3) is 0.774. The van der Waals surface area contributed by atoms with Crippen molar-refractivity contribution in [2.45, 2.75) is 109 Å². The summed E-state index contributed by atoms with van der Waals surface area (Å²) >= 11 is 0. The average Bonchev–Trinajstić information content (AvgIpc) is 2.93. The highest BCUT2D eigenvalue weighted by molar-refractivity contribution is 5.91. The first-order valence-electron chi connectivity index (χ1n) is 14.9. The molecule has 0 bridgehead atoms. The largest absolute Gasteiger partial charge is 0.462 e. The van der Waals surface area contributed by atoms with E-state index in [0.29, 0.717) is 12.0 Å². The minimum Gasteiger partial charge on any atom is -0.462 e. The van der Waals surface area contributed by atoms with Crippen LogP contribution in [0.1, 0.15) is 60.3 Å². The molecule has 2 rings (SSSR count). The van der Waals surface area contributed by atoms with Crippen molar-refractivity contribution in [2.75, 3.05) is 20.7 Å². The van der Waals surface area contributed by atoms with Gasteiger partial charge in [-0.3, -0.25) is 9.59 Å². The van der Waals surface area contributed by atoms with Gasteiger partial charge < -0.3 is 44.3 Å². The molecule has 240 valence electrons. The predicted molar refractivity (Wildman–Crippen MR) is 155 cm³/mol. The van der Waals surface area contributed by atoms with Crippen LogP contribution >= 0.6 is 0 Å². The maximum atomic E-state index is 13.1. The van der Waals surface area contributed by atoms with Gasteiger partial charge in [-0.05, 0) is 52.8 Å². The summed E-state index contributed by atoms with van der Waals surface area (Å²) in [5, 5.41) is 43.0. The minimum atomic E-state index is -1.27. The number of carbonyl (C=O) groups is 3. The van der Waals surface area contributed by atoms with Gasteiger partial charge in [0.2, 0.25) is 0 Å². The van der Waals surface area contributed by atoms with E-state index in [1.54, 1.807) is 58.8 Å². The topological polar surface area (TPSA) is 163 Å². The molecule has 0 aromatic heterocycles. The SMILES string of the molecule is CC[C@H]1OC(=O)C[C@@H](O)[C@H](C)[C@@H](O[C@@H]2O[C@H](C)[C@@H](O)C(N(C)C)C2O)[C@@H](CC=O)C[C@@H](C)C(=O)/C=C/C(C)=C/[C@@H]1CO.